The zero-order valence-corrected chi connectivity index (χ0v) is 13.5. The molecule has 0 aromatic carbocycles. The Hall–Kier alpha value is -1.92. The number of ether oxygens (including phenoxy) is 3. The molecule has 0 aliphatic rings. The number of carboxylic acid groups (broad SMARTS) is 1. The molecule has 124 valence electrons. The second kappa shape index (κ2) is 10.8. The molecule has 0 aliphatic carbocycles. The minimum absolute atomic E-state index is 0.0369. The van der Waals surface area contributed by atoms with Gasteiger partial charge in [-0.25, -0.2) is 4.79 Å². The molecule has 0 amide bonds. The monoisotopic (exact) mass is 312 g/mol. The van der Waals surface area contributed by atoms with E-state index >= 15 is 0 Å². The van der Waals surface area contributed by atoms with Gasteiger partial charge in [-0.05, 0) is 26.8 Å². The average Bonchev–Trinajstić information content (AvgIpc) is 2.44. The van der Waals surface area contributed by atoms with Crippen LogP contribution in [0.25, 0.3) is 0 Å². The predicted octanol–water partition coefficient (Wildman–Crippen LogP) is 2.46. The Labute approximate surface area is 131 Å². The maximum Gasteiger partial charge on any atom is 0.334 e. The molecular formula is C16H24O6. The third kappa shape index (κ3) is 8.39. The highest BCUT2D eigenvalue weighted by molar-refractivity contribution is 5.88. The standard InChI is InChI=1S/C16H24O6/c1-6-13(21-10-20-5)14(9-11(2)3)22-16(19)12(4)7-8-15(17)18/h6-7,9,13-14H,1,8,10H2,2-5H3,(H,17,18)/b12-7+. The van der Waals surface area contributed by atoms with Gasteiger partial charge in [0.15, 0.2) is 6.10 Å². The van der Waals surface area contributed by atoms with Crippen molar-refractivity contribution >= 4 is 11.9 Å². The summed E-state index contributed by atoms with van der Waals surface area (Å²) in [5.41, 5.74) is 1.17. The van der Waals surface area contributed by atoms with E-state index in [0.29, 0.717) is 0 Å². The Balaban J connectivity index is 5.01. The minimum Gasteiger partial charge on any atom is -0.481 e. The summed E-state index contributed by atoms with van der Waals surface area (Å²) in [4.78, 5) is 22.5. The molecule has 2 unspecified atom stereocenters. The molecule has 22 heavy (non-hydrogen) atoms. The van der Waals surface area contributed by atoms with Crippen LogP contribution >= 0.6 is 0 Å². The molecule has 0 rings (SSSR count). The molecule has 0 fully saturated rings. The van der Waals surface area contributed by atoms with Gasteiger partial charge in [-0.15, -0.1) is 6.58 Å². The molecule has 0 saturated carbocycles. The van der Waals surface area contributed by atoms with Crippen LogP contribution in [0.3, 0.4) is 0 Å². The maximum atomic E-state index is 12.0. The summed E-state index contributed by atoms with van der Waals surface area (Å²) in [6.45, 7) is 8.93. The summed E-state index contributed by atoms with van der Waals surface area (Å²) in [6, 6.07) is 0. The number of esters is 1. The molecule has 0 aromatic heterocycles. The summed E-state index contributed by atoms with van der Waals surface area (Å²) in [5, 5.41) is 8.62. The van der Waals surface area contributed by atoms with Crippen molar-refractivity contribution in [2.45, 2.75) is 39.4 Å². The van der Waals surface area contributed by atoms with Crippen LogP contribution < -0.4 is 0 Å². The number of methoxy groups -OCH3 is 1. The number of hydrogen-bond donors (Lipinski definition) is 1. The highest BCUT2D eigenvalue weighted by Crippen LogP contribution is 2.13. The van der Waals surface area contributed by atoms with Gasteiger partial charge in [0.25, 0.3) is 0 Å². The number of hydrogen-bond acceptors (Lipinski definition) is 5. The smallest absolute Gasteiger partial charge is 0.334 e. The molecule has 0 aliphatic heterocycles. The maximum absolute atomic E-state index is 12.0. The molecule has 2 atom stereocenters. The fourth-order valence-electron chi connectivity index (χ4n) is 1.51. The lowest BCUT2D eigenvalue weighted by atomic mass is 10.1. The normalized spacial score (nSPS) is 13.9. The summed E-state index contributed by atoms with van der Waals surface area (Å²) >= 11 is 0. The highest BCUT2D eigenvalue weighted by Gasteiger charge is 2.22. The van der Waals surface area contributed by atoms with Gasteiger partial charge in [-0.1, -0.05) is 17.7 Å². The summed E-state index contributed by atoms with van der Waals surface area (Å²) in [6.07, 6.45) is 3.10. The van der Waals surface area contributed by atoms with Gasteiger partial charge in [0, 0.05) is 12.7 Å². The quantitative estimate of drug-likeness (QED) is 0.289. The zero-order valence-electron chi connectivity index (χ0n) is 13.5. The third-order valence-electron chi connectivity index (χ3n) is 2.58. The largest absolute Gasteiger partial charge is 0.481 e. The third-order valence-corrected chi connectivity index (χ3v) is 2.58. The first-order valence-corrected chi connectivity index (χ1v) is 6.79. The van der Waals surface area contributed by atoms with Crippen molar-refractivity contribution in [3.63, 3.8) is 0 Å². The number of aliphatic carboxylic acids is 1. The number of carboxylic acids is 1. The number of allylic oxidation sites excluding steroid dienone is 1. The van der Waals surface area contributed by atoms with Gasteiger partial charge >= 0.3 is 11.9 Å². The molecule has 0 spiro atoms. The van der Waals surface area contributed by atoms with E-state index < -0.39 is 24.1 Å². The summed E-state index contributed by atoms with van der Waals surface area (Å²) in [7, 11) is 1.49. The van der Waals surface area contributed by atoms with Crippen LogP contribution in [0.15, 0.2) is 36.0 Å². The van der Waals surface area contributed by atoms with Gasteiger partial charge in [0.05, 0.1) is 6.42 Å². The topological polar surface area (TPSA) is 82.1 Å². The number of rotatable bonds is 10. The minimum atomic E-state index is -1.01. The van der Waals surface area contributed by atoms with E-state index in [-0.39, 0.29) is 18.8 Å². The lowest BCUT2D eigenvalue weighted by Gasteiger charge is -2.22. The Bertz CT molecular complexity index is 446. The zero-order chi connectivity index (χ0) is 17.1. The average molecular weight is 312 g/mol. The lowest BCUT2D eigenvalue weighted by molar-refractivity contribution is -0.151. The van der Waals surface area contributed by atoms with E-state index in [1.165, 1.54) is 26.2 Å². The Kier molecular flexibility index (Phi) is 9.82. The van der Waals surface area contributed by atoms with Gasteiger partial charge in [-0.2, -0.15) is 0 Å². The summed E-state index contributed by atoms with van der Waals surface area (Å²) in [5.74, 6) is -1.61. The molecule has 6 heteroatoms. The van der Waals surface area contributed by atoms with Gasteiger partial charge in [0.2, 0.25) is 0 Å². The van der Waals surface area contributed by atoms with Crippen molar-refractivity contribution < 1.29 is 28.9 Å². The molecule has 0 heterocycles. The van der Waals surface area contributed by atoms with Crippen molar-refractivity contribution in [1.82, 2.24) is 0 Å². The van der Waals surface area contributed by atoms with Gasteiger partial charge in [0.1, 0.15) is 12.9 Å². The first-order valence-electron chi connectivity index (χ1n) is 6.79. The van der Waals surface area contributed by atoms with Crippen LogP contribution in [0.5, 0.6) is 0 Å². The number of carbonyl (C=O) groups excluding carboxylic acids is 1. The van der Waals surface area contributed by atoms with Crippen molar-refractivity contribution in [2.24, 2.45) is 0 Å². The van der Waals surface area contributed by atoms with Crippen LogP contribution in [0.1, 0.15) is 27.2 Å². The Morgan fingerprint density at radius 3 is 2.32 bits per heavy atom. The van der Waals surface area contributed by atoms with Crippen molar-refractivity contribution in [2.75, 3.05) is 13.9 Å². The van der Waals surface area contributed by atoms with E-state index in [1.54, 1.807) is 6.08 Å². The van der Waals surface area contributed by atoms with Crippen molar-refractivity contribution in [3.05, 3.63) is 36.0 Å². The Morgan fingerprint density at radius 2 is 1.86 bits per heavy atom. The Morgan fingerprint density at radius 1 is 1.23 bits per heavy atom. The van der Waals surface area contributed by atoms with Crippen LogP contribution in [0.2, 0.25) is 0 Å². The lowest BCUT2D eigenvalue weighted by Crippen LogP contribution is -2.31. The fraction of sp³-hybridized carbons (Fsp3) is 0.500. The van der Waals surface area contributed by atoms with E-state index in [1.807, 2.05) is 13.8 Å². The van der Waals surface area contributed by atoms with Crippen molar-refractivity contribution in [1.29, 1.82) is 0 Å². The van der Waals surface area contributed by atoms with E-state index in [0.717, 1.165) is 5.57 Å². The second-order valence-corrected chi connectivity index (χ2v) is 4.87. The summed E-state index contributed by atoms with van der Waals surface area (Å²) < 4.78 is 15.6. The van der Waals surface area contributed by atoms with Crippen LogP contribution in [0, 0.1) is 0 Å². The van der Waals surface area contributed by atoms with Crippen LogP contribution in [0.4, 0.5) is 0 Å². The van der Waals surface area contributed by atoms with Gasteiger partial charge < -0.3 is 19.3 Å². The highest BCUT2D eigenvalue weighted by atomic mass is 16.7. The molecule has 0 radical (unpaired) electrons. The molecule has 6 nitrogen and oxygen atoms in total. The van der Waals surface area contributed by atoms with E-state index in [9.17, 15) is 9.59 Å². The SMILES string of the molecule is C=CC(OCOC)C(C=C(C)C)OC(=O)/C(C)=C/CC(=O)O. The molecular weight excluding hydrogens is 288 g/mol. The fourth-order valence-corrected chi connectivity index (χ4v) is 1.51. The molecule has 0 bridgehead atoms. The van der Waals surface area contributed by atoms with E-state index in [2.05, 4.69) is 6.58 Å². The molecule has 1 N–H and O–H groups in total. The van der Waals surface area contributed by atoms with Crippen LogP contribution in [-0.4, -0.2) is 43.2 Å². The first-order chi connectivity index (χ1) is 10.3. The molecule has 0 saturated heterocycles. The predicted molar refractivity (Wildman–Crippen MR) is 82.3 cm³/mol. The van der Waals surface area contributed by atoms with Crippen LogP contribution in [-0.2, 0) is 23.8 Å². The van der Waals surface area contributed by atoms with Crippen molar-refractivity contribution in [3.8, 4) is 0 Å². The van der Waals surface area contributed by atoms with E-state index in [4.69, 9.17) is 19.3 Å². The number of carbonyl (C=O) groups is 2. The second-order valence-electron chi connectivity index (χ2n) is 4.87. The first kappa shape index (κ1) is 20.1. The molecule has 0 aromatic rings. The van der Waals surface area contributed by atoms with Gasteiger partial charge in [-0.3, -0.25) is 4.79 Å².